The van der Waals surface area contributed by atoms with Crippen molar-refractivity contribution in [2.75, 3.05) is 11.9 Å². The number of rotatable bonds is 6. The van der Waals surface area contributed by atoms with Crippen molar-refractivity contribution in [3.05, 3.63) is 45.8 Å². The van der Waals surface area contributed by atoms with E-state index in [1.54, 1.807) is 0 Å². The Bertz CT molecular complexity index is 923. The highest BCUT2D eigenvalue weighted by molar-refractivity contribution is 7.17. The number of carbonyl (C=O) groups excluding carboxylic acids is 2. The Morgan fingerprint density at radius 2 is 1.90 bits per heavy atom. The van der Waals surface area contributed by atoms with Crippen molar-refractivity contribution in [2.24, 2.45) is 17.1 Å². The van der Waals surface area contributed by atoms with Gasteiger partial charge in [-0.25, -0.2) is 0 Å². The number of hydrogen-bond acceptors (Lipinski definition) is 4. The lowest BCUT2D eigenvalue weighted by Gasteiger charge is -2.33. The molecule has 1 aliphatic carbocycles. The number of primary amides is 1. The molecule has 1 atom stereocenters. The maximum absolute atomic E-state index is 12.5. The third kappa shape index (κ3) is 5.04. The number of nitrogens with two attached hydrogens (primary N) is 1. The Morgan fingerprint density at radius 1 is 1.23 bits per heavy atom. The van der Waals surface area contributed by atoms with Crippen molar-refractivity contribution >= 4 is 28.2 Å². The summed E-state index contributed by atoms with van der Waals surface area (Å²) in [6.07, 6.45) is 2.76. The molecule has 1 heterocycles. The van der Waals surface area contributed by atoms with Gasteiger partial charge in [-0.1, -0.05) is 46.8 Å². The maximum atomic E-state index is 12.5. The molecule has 0 radical (unpaired) electrons. The van der Waals surface area contributed by atoms with Crippen molar-refractivity contribution < 1.29 is 14.3 Å². The third-order valence-electron chi connectivity index (χ3n) is 5.91. The van der Waals surface area contributed by atoms with Crippen LogP contribution in [0.3, 0.4) is 0 Å². The first kappa shape index (κ1) is 22.3. The molecule has 3 rings (SSSR count). The fourth-order valence-electron chi connectivity index (χ4n) is 3.93. The van der Waals surface area contributed by atoms with Gasteiger partial charge in [0.05, 0.1) is 5.56 Å². The molecule has 2 aromatic rings. The number of nitrogens with one attached hydrogen (secondary N) is 1. The number of fused-ring (bicyclic) bond motifs is 1. The van der Waals surface area contributed by atoms with Crippen LogP contribution < -0.4 is 15.8 Å². The highest BCUT2D eigenvalue weighted by Crippen LogP contribution is 2.44. The molecule has 0 fully saturated rings. The molecule has 30 heavy (non-hydrogen) atoms. The number of amides is 2. The van der Waals surface area contributed by atoms with Gasteiger partial charge >= 0.3 is 0 Å². The Labute approximate surface area is 183 Å². The van der Waals surface area contributed by atoms with Crippen LogP contribution in [0, 0.1) is 11.3 Å². The zero-order valence-corrected chi connectivity index (χ0v) is 19.3. The van der Waals surface area contributed by atoms with Crippen LogP contribution in [0.5, 0.6) is 5.75 Å². The Morgan fingerprint density at radius 3 is 2.47 bits per heavy atom. The van der Waals surface area contributed by atoms with Gasteiger partial charge < -0.3 is 15.8 Å². The number of anilines is 1. The van der Waals surface area contributed by atoms with Gasteiger partial charge in [-0.2, -0.15) is 0 Å². The molecule has 162 valence electrons. The van der Waals surface area contributed by atoms with E-state index in [-0.39, 0.29) is 17.9 Å². The van der Waals surface area contributed by atoms with E-state index >= 15 is 0 Å². The fourth-order valence-corrected chi connectivity index (χ4v) is 5.28. The number of ether oxygens (including phenoxy) is 1. The summed E-state index contributed by atoms with van der Waals surface area (Å²) in [6, 6.07) is 7.74. The predicted octanol–water partition coefficient (Wildman–Crippen LogP) is 5.14. The van der Waals surface area contributed by atoms with Gasteiger partial charge in [0.2, 0.25) is 0 Å². The summed E-state index contributed by atoms with van der Waals surface area (Å²) in [5, 5.41) is 3.40. The second-order valence-corrected chi connectivity index (χ2v) is 10.5. The van der Waals surface area contributed by atoms with Crippen LogP contribution in [-0.2, 0) is 17.6 Å². The van der Waals surface area contributed by atoms with E-state index in [0.29, 0.717) is 28.1 Å². The molecule has 0 saturated heterocycles. The quantitative estimate of drug-likeness (QED) is 0.668. The van der Waals surface area contributed by atoms with Gasteiger partial charge in [-0.05, 0) is 59.8 Å². The topological polar surface area (TPSA) is 81.4 Å². The summed E-state index contributed by atoms with van der Waals surface area (Å²) < 4.78 is 5.62. The minimum atomic E-state index is -0.484. The molecule has 1 aliphatic rings. The van der Waals surface area contributed by atoms with Crippen LogP contribution >= 0.6 is 11.3 Å². The molecular weight excluding hydrogens is 396 g/mol. The zero-order chi connectivity index (χ0) is 22.1. The molecule has 0 unspecified atom stereocenters. The van der Waals surface area contributed by atoms with E-state index < -0.39 is 5.91 Å². The second kappa shape index (κ2) is 8.80. The van der Waals surface area contributed by atoms with Gasteiger partial charge in [0, 0.05) is 4.88 Å². The van der Waals surface area contributed by atoms with Crippen LogP contribution in [0.15, 0.2) is 24.3 Å². The van der Waals surface area contributed by atoms with Crippen molar-refractivity contribution in [3.8, 4) is 5.75 Å². The molecule has 5 nitrogen and oxygen atoms in total. The second-order valence-electron chi connectivity index (χ2n) is 9.44. The lowest BCUT2D eigenvalue weighted by molar-refractivity contribution is -0.118. The predicted molar refractivity (Wildman–Crippen MR) is 122 cm³/mol. The first-order valence-corrected chi connectivity index (χ1v) is 11.3. The first-order valence-electron chi connectivity index (χ1n) is 10.5. The SMILES string of the molecule is CC(C)c1ccc(OCC(=O)Nc2sc3c(c2C(N)=O)CC[C@H](C(C)(C)C)C3)cc1. The highest BCUT2D eigenvalue weighted by atomic mass is 32.1. The minimum absolute atomic E-state index is 0.119. The molecule has 0 saturated carbocycles. The van der Waals surface area contributed by atoms with Crippen LogP contribution in [0.25, 0.3) is 0 Å². The molecule has 1 aromatic heterocycles. The largest absolute Gasteiger partial charge is 0.484 e. The number of thiophene rings is 1. The van der Waals surface area contributed by atoms with Gasteiger partial charge in [-0.15, -0.1) is 11.3 Å². The summed E-state index contributed by atoms with van der Waals surface area (Å²) in [5.41, 5.74) is 8.57. The number of benzene rings is 1. The lowest BCUT2D eigenvalue weighted by Crippen LogP contribution is -2.27. The summed E-state index contributed by atoms with van der Waals surface area (Å²) >= 11 is 1.48. The molecule has 2 amide bonds. The van der Waals surface area contributed by atoms with E-state index in [1.807, 2.05) is 24.3 Å². The average molecular weight is 429 g/mol. The van der Waals surface area contributed by atoms with Crippen LogP contribution in [-0.4, -0.2) is 18.4 Å². The molecule has 0 spiro atoms. The minimum Gasteiger partial charge on any atom is -0.484 e. The van der Waals surface area contributed by atoms with Gasteiger partial charge in [-0.3, -0.25) is 9.59 Å². The van der Waals surface area contributed by atoms with E-state index in [9.17, 15) is 9.59 Å². The van der Waals surface area contributed by atoms with Crippen LogP contribution in [0.4, 0.5) is 5.00 Å². The molecule has 3 N–H and O–H groups in total. The smallest absolute Gasteiger partial charge is 0.262 e. The van der Waals surface area contributed by atoms with E-state index in [2.05, 4.69) is 39.9 Å². The summed E-state index contributed by atoms with van der Waals surface area (Å²) in [6.45, 7) is 10.9. The molecule has 1 aromatic carbocycles. The van der Waals surface area contributed by atoms with Crippen molar-refractivity contribution in [1.29, 1.82) is 0 Å². The van der Waals surface area contributed by atoms with Crippen LogP contribution in [0.1, 0.15) is 73.3 Å². The Balaban J connectivity index is 1.69. The van der Waals surface area contributed by atoms with E-state index in [4.69, 9.17) is 10.5 Å². The van der Waals surface area contributed by atoms with Crippen molar-refractivity contribution in [2.45, 2.75) is 59.8 Å². The van der Waals surface area contributed by atoms with Gasteiger partial charge in [0.25, 0.3) is 11.8 Å². The third-order valence-corrected chi connectivity index (χ3v) is 7.08. The normalized spacial score (nSPS) is 16.3. The summed E-state index contributed by atoms with van der Waals surface area (Å²) in [4.78, 5) is 25.8. The fraction of sp³-hybridized carbons (Fsp3) is 0.500. The first-order chi connectivity index (χ1) is 14.1. The molecule has 6 heteroatoms. The van der Waals surface area contributed by atoms with E-state index in [0.717, 1.165) is 29.7 Å². The standard InChI is InChI=1S/C24H32N2O3S/c1-14(2)15-6-9-17(10-7-15)29-13-20(27)26-23-21(22(25)28)18-11-8-16(24(3,4)5)12-19(18)30-23/h6-7,9-10,14,16H,8,11-13H2,1-5H3,(H2,25,28)(H,26,27)/t16-/m0/s1. The molecular formula is C24H32N2O3S. The maximum Gasteiger partial charge on any atom is 0.262 e. The van der Waals surface area contributed by atoms with Gasteiger partial charge in [0.1, 0.15) is 10.8 Å². The monoisotopic (exact) mass is 428 g/mol. The molecule has 0 bridgehead atoms. The number of carbonyl (C=O) groups is 2. The molecule has 0 aliphatic heterocycles. The van der Waals surface area contributed by atoms with Crippen LogP contribution in [0.2, 0.25) is 0 Å². The van der Waals surface area contributed by atoms with Gasteiger partial charge in [0.15, 0.2) is 6.61 Å². The number of hydrogen-bond donors (Lipinski definition) is 2. The summed E-state index contributed by atoms with van der Waals surface area (Å²) in [7, 11) is 0. The van der Waals surface area contributed by atoms with Crippen molar-refractivity contribution in [1.82, 2.24) is 0 Å². The Kier molecular flexibility index (Phi) is 6.56. The average Bonchev–Trinajstić information content (AvgIpc) is 3.03. The van der Waals surface area contributed by atoms with Crippen molar-refractivity contribution in [3.63, 3.8) is 0 Å². The summed E-state index contributed by atoms with van der Waals surface area (Å²) in [5.74, 6) is 0.851. The lowest BCUT2D eigenvalue weighted by atomic mass is 9.72. The zero-order valence-electron chi connectivity index (χ0n) is 18.5. The Hall–Kier alpha value is -2.34. The van der Waals surface area contributed by atoms with E-state index in [1.165, 1.54) is 16.9 Å². The highest BCUT2D eigenvalue weighted by Gasteiger charge is 2.33.